The quantitative estimate of drug-likeness (QED) is 0.240. The molecule has 0 N–H and O–H groups in total. The first-order valence-electron chi connectivity index (χ1n) is 13.1. The topological polar surface area (TPSA) is 21.7 Å². The number of para-hydroxylation sites is 3. The van der Waals surface area contributed by atoms with Crippen LogP contribution in [0.4, 0.5) is 17.1 Å². The van der Waals surface area contributed by atoms with Crippen molar-refractivity contribution in [1.82, 2.24) is 0 Å². The van der Waals surface area contributed by atoms with E-state index >= 15 is 0 Å². The molecule has 0 bridgehead atoms. The van der Waals surface area contributed by atoms with Gasteiger partial charge in [-0.3, -0.25) is 4.90 Å². The lowest BCUT2D eigenvalue weighted by Crippen LogP contribution is -2.20. The number of nitrogens with zero attached hydrogens (tertiary/aromatic N) is 1. The number of hydrogen-bond acceptors (Lipinski definition) is 3. The van der Waals surface area contributed by atoms with E-state index in [1.54, 1.807) is 0 Å². The molecule has 2 heterocycles. The summed E-state index contributed by atoms with van der Waals surface area (Å²) >= 11 is 0. The van der Waals surface area contributed by atoms with E-state index in [9.17, 15) is 0 Å². The standard InChI is InChI=1S/C36H23NO2/c1-2-8-24(9-3-1)27-10-6-11-28(22-27)25-16-18-26(19-17-25)29-20-21-31-35(23-29)39-34-15-7-14-33-36(34)37(31)30-12-4-5-13-32(30)38-33/h1-23H. The Morgan fingerprint density at radius 1 is 0.333 bits per heavy atom. The van der Waals surface area contributed by atoms with Crippen molar-refractivity contribution in [3.63, 3.8) is 0 Å². The molecule has 0 saturated heterocycles. The Kier molecular flexibility index (Phi) is 4.82. The van der Waals surface area contributed by atoms with Crippen molar-refractivity contribution in [2.75, 3.05) is 4.90 Å². The van der Waals surface area contributed by atoms with Crippen LogP contribution in [0.3, 0.4) is 0 Å². The molecule has 0 amide bonds. The van der Waals surface area contributed by atoms with Crippen LogP contribution in [0.1, 0.15) is 0 Å². The molecule has 0 atom stereocenters. The first-order valence-corrected chi connectivity index (χ1v) is 13.1. The van der Waals surface area contributed by atoms with Crippen LogP contribution < -0.4 is 14.4 Å². The Labute approximate surface area is 227 Å². The van der Waals surface area contributed by atoms with Crippen LogP contribution in [-0.4, -0.2) is 0 Å². The van der Waals surface area contributed by atoms with E-state index in [4.69, 9.17) is 9.47 Å². The highest BCUT2D eigenvalue weighted by molar-refractivity contribution is 5.94. The molecule has 6 aromatic carbocycles. The molecule has 3 nitrogen and oxygen atoms in total. The van der Waals surface area contributed by atoms with Crippen LogP contribution >= 0.6 is 0 Å². The van der Waals surface area contributed by atoms with Crippen LogP contribution in [0.5, 0.6) is 23.0 Å². The van der Waals surface area contributed by atoms with Crippen molar-refractivity contribution in [3.05, 3.63) is 140 Å². The molecule has 0 fully saturated rings. The van der Waals surface area contributed by atoms with Gasteiger partial charge in [-0.1, -0.05) is 97.1 Å². The van der Waals surface area contributed by atoms with Gasteiger partial charge in [-0.2, -0.15) is 0 Å². The van der Waals surface area contributed by atoms with Gasteiger partial charge < -0.3 is 9.47 Å². The summed E-state index contributed by atoms with van der Waals surface area (Å²) in [6, 6.07) is 48.5. The van der Waals surface area contributed by atoms with Gasteiger partial charge in [0.05, 0.1) is 11.4 Å². The maximum atomic E-state index is 6.43. The highest BCUT2D eigenvalue weighted by Crippen LogP contribution is 2.59. The fourth-order valence-electron chi connectivity index (χ4n) is 5.55. The third-order valence-corrected chi connectivity index (χ3v) is 7.45. The first-order chi connectivity index (χ1) is 19.3. The van der Waals surface area contributed by atoms with Crippen LogP contribution in [0.2, 0.25) is 0 Å². The van der Waals surface area contributed by atoms with E-state index in [2.05, 4.69) is 102 Å². The van der Waals surface area contributed by atoms with Crippen molar-refractivity contribution in [1.29, 1.82) is 0 Å². The molecule has 3 heteroatoms. The van der Waals surface area contributed by atoms with E-state index in [1.807, 2.05) is 42.5 Å². The zero-order valence-electron chi connectivity index (χ0n) is 21.0. The number of benzene rings is 6. The minimum Gasteiger partial charge on any atom is -0.453 e. The Morgan fingerprint density at radius 2 is 0.821 bits per heavy atom. The van der Waals surface area contributed by atoms with E-state index < -0.39 is 0 Å². The second-order valence-corrected chi connectivity index (χ2v) is 9.82. The highest BCUT2D eigenvalue weighted by atomic mass is 16.5. The smallest absolute Gasteiger partial charge is 0.155 e. The van der Waals surface area contributed by atoms with Crippen molar-refractivity contribution >= 4 is 17.1 Å². The average Bonchev–Trinajstić information content (AvgIpc) is 3.01. The lowest BCUT2D eigenvalue weighted by molar-refractivity contribution is 0.446. The molecule has 8 rings (SSSR count). The molecule has 0 radical (unpaired) electrons. The van der Waals surface area contributed by atoms with Gasteiger partial charge in [0.1, 0.15) is 5.69 Å². The SMILES string of the molecule is c1ccc(-c2cccc(-c3ccc(-c4ccc5c(c4)Oc4cccc6c4N5c4ccccc4O6)cc3)c2)cc1. The van der Waals surface area contributed by atoms with Gasteiger partial charge in [-0.15, -0.1) is 0 Å². The van der Waals surface area contributed by atoms with Crippen LogP contribution in [0, 0.1) is 0 Å². The largest absolute Gasteiger partial charge is 0.453 e. The first kappa shape index (κ1) is 21.8. The summed E-state index contributed by atoms with van der Waals surface area (Å²) in [6.45, 7) is 0. The monoisotopic (exact) mass is 501 g/mol. The summed E-state index contributed by atoms with van der Waals surface area (Å²) < 4.78 is 12.6. The molecule has 0 saturated carbocycles. The normalized spacial score (nSPS) is 12.5. The number of ether oxygens (including phenoxy) is 2. The van der Waals surface area contributed by atoms with Gasteiger partial charge in [-0.25, -0.2) is 0 Å². The maximum absolute atomic E-state index is 6.43. The molecule has 184 valence electrons. The van der Waals surface area contributed by atoms with Gasteiger partial charge in [0.15, 0.2) is 23.0 Å². The summed E-state index contributed by atoms with van der Waals surface area (Å²) in [5.74, 6) is 3.26. The minimum absolute atomic E-state index is 0.792. The second-order valence-electron chi connectivity index (χ2n) is 9.82. The van der Waals surface area contributed by atoms with Crippen LogP contribution in [0.25, 0.3) is 33.4 Å². The Morgan fingerprint density at radius 3 is 1.56 bits per heavy atom. The molecule has 6 aromatic rings. The molecule has 0 aliphatic carbocycles. The highest BCUT2D eigenvalue weighted by Gasteiger charge is 2.34. The summed E-state index contributed by atoms with van der Waals surface area (Å²) in [4.78, 5) is 2.24. The van der Waals surface area contributed by atoms with Crippen molar-refractivity contribution in [2.24, 2.45) is 0 Å². The van der Waals surface area contributed by atoms with Crippen LogP contribution in [-0.2, 0) is 0 Å². The summed E-state index contributed by atoms with van der Waals surface area (Å²) in [5.41, 5.74) is 10.1. The van der Waals surface area contributed by atoms with E-state index in [0.717, 1.165) is 51.2 Å². The summed E-state index contributed by atoms with van der Waals surface area (Å²) in [6.07, 6.45) is 0. The van der Waals surface area contributed by atoms with Crippen LogP contribution in [0.15, 0.2) is 140 Å². The number of hydrogen-bond donors (Lipinski definition) is 0. The van der Waals surface area contributed by atoms with E-state index in [-0.39, 0.29) is 0 Å². The molecule has 2 aliphatic rings. The summed E-state index contributed by atoms with van der Waals surface area (Å²) in [7, 11) is 0. The molecular weight excluding hydrogens is 478 g/mol. The van der Waals surface area contributed by atoms with Gasteiger partial charge >= 0.3 is 0 Å². The van der Waals surface area contributed by atoms with Gasteiger partial charge in [0, 0.05) is 0 Å². The molecule has 0 spiro atoms. The third kappa shape index (κ3) is 3.59. The predicted octanol–water partition coefficient (Wildman–Crippen LogP) is 10.4. The van der Waals surface area contributed by atoms with Crippen molar-refractivity contribution in [3.8, 4) is 56.4 Å². The lowest BCUT2D eigenvalue weighted by Gasteiger charge is -2.37. The molecule has 2 aliphatic heterocycles. The fraction of sp³-hybridized carbons (Fsp3) is 0. The maximum Gasteiger partial charge on any atom is 0.155 e. The van der Waals surface area contributed by atoms with Crippen molar-refractivity contribution in [2.45, 2.75) is 0 Å². The number of rotatable bonds is 3. The molecule has 0 aromatic heterocycles. The van der Waals surface area contributed by atoms with Gasteiger partial charge in [-0.05, 0) is 75.8 Å². The Bertz CT molecular complexity index is 1860. The van der Waals surface area contributed by atoms with Crippen molar-refractivity contribution < 1.29 is 9.47 Å². The predicted molar refractivity (Wildman–Crippen MR) is 158 cm³/mol. The molecular formula is C36H23NO2. The van der Waals surface area contributed by atoms with Gasteiger partial charge in [0.2, 0.25) is 0 Å². The minimum atomic E-state index is 0.792. The Hall–Kier alpha value is -5.28. The average molecular weight is 502 g/mol. The number of fused-ring (bicyclic) bond motifs is 4. The lowest BCUT2D eigenvalue weighted by atomic mass is 9.97. The third-order valence-electron chi connectivity index (χ3n) is 7.45. The fourth-order valence-corrected chi connectivity index (χ4v) is 5.55. The number of anilines is 3. The van der Waals surface area contributed by atoms with E-state index in [0.29, 0.717) is 0 Å². The van der Waals surface area contributed by atoms with Gasteiger partial charge in [0.25, 0.3) is 0 Å². The summed E-state index contributed by atoms with van der Waals surface area (Å²) in [5, 5.41) is 0. The molecule has 0 unspecified atom stereocenters. The zero-order chi connectivity index (χ0) is 25.8. The second kappa shape index (κ2) is 8.64. The zero-order valence-corrected chi connectivity index (χ0v) is 21.0. The Balaban J connectivity index is 1.15. The van der Waals surface area contributed by atoms with E-state index in [1.165, 1.54) is 22.3 Å². The molecule has 39 heavy (non-hydrogen) atoms.